The Hall–Kier alpha value is -0.370. The van der Waals surface area contributed by atoms with Gasteiger partial charge in [0.2, 0.25) is 0 Å². The molecule has 2 nitrogen and oxygen atoms in total. The molecule has 0 heterocycles. The lowest BCUT2D eigenvalue weighted by atomic mass is 10.0. The van der Waals surface area contributed by atoms with E-state index in [1.165, 1.54) is 186 Å². The molecule has 0 N–H and O–H groups in total. The predicted octanol–water partition coefficient (Wildman–Crippen LogP) is 13.9. The fraction of sp³-hybridized carbons (Fsp3) is 0.974. The molecule has 41 heavy (non-hydrogen) atoms. The summed E-state index contributed by atoms with van der Waals surface area (Å²) in [5.41, 5.74) is 0. The predicted molar refractivity (Wildman–Crippen MR) is 184 cm³/mol. The van der Waals surface area contributed by atoms with Gasteiger partial charge in [0.15, 0.2) is 0 Å². The van der Waals surface area contributed by atoms with Crippen molar-refractivity contribution in [2.75, 3.05) is 13.2 Å². The maximum absolute atomic E-state index is 12.1. The fourth-order valence-corrected chi connectivity index (χ4v) is 6.02. The fourth-order valence-electron chi connectivity index (χ4n) is 6.02. The van der Waals surface area contributed by atoms with Gasteiger partial charge in [-0.25, -0.2) is 0 Å². The van der Waals surface area contributed by atoms with Crippen LogP contribution in [0.5, 0.6) is 0 Å². The number of hydrogen-bond acceptors (Lipinski definition) is 2. The van der Waals surface area contributed by atoms with Crippen LogP contribution >= 0.6 is 0 Å². The second-order valence-electron chi connectivity index (χ2n) is 13.3. The van der Waals surface area contributed by atoms with Crippen molar-refractivity contribution in [1.82, 2.24) is 0 Å². The highest BCUT2D eigenvalue weighted by molar-refractivity contribution is 5.78. The van der Waals surface area contributed by atoms with Crippen molar-refractivity contribution < 1.29 is 9.53 Å². The Kier molecular flexibility index (Phi) is 37.3. The molecule has 0 aromatic heterocycles. The molecule has 0 radical (unpaired) electrons. The van der Waals surface area contributed by atoms with Crippen LogP contribution in [0.3, 0.4) is 0 Å². The molecule has 0 aromatic rings. The molecule has 0 aromatic carbocycles. The average Bonchev–Trinajstić information content (AvgIpc) is 2.98. The van der Waals surface area contributed by atoms with Gasteiger partial charge in [0.25, 0.3) is 0 Å². The van der Waals surface area contributed by atoms with Crippen molar-refractivity contribution in [3.05, 3.63) is 0 Å². The third kappa shape index (κ3) is 37.6. The maximum Gasteiger partial charge on any atom is 0.132 e. The Morgan fingerprint density at radius 2 is 0.537 bits per heavy atom. The van der Waals surface area contributed by atoms with Crippen LogP contribution in [0.2, 0.25) is 0 Å². The normalized spacial score (nSPS) is 11.5. The molecule has 0 aliphatic rings. The molecule has 0 aliphatic heterocycles. The Morgan fingerprint density at radius 3 is 0.805 bits per heavy atom. The van der Waals surface area contributed by atoms with E-state index in [4.69, 9.17) is 4.74 Å². The summed E-state index contributed by atoms with van der Waals surface area (Å²) < 4.78 is 5.84. The largest absolute Gasteiger partial charge is 0.381 e. The van der Waals surface area contributed by atoms with E-state index >= 15 is 0 Å². The van der Waals surface area contributed by atoms with Crippen LogP contribution in [0.25, 0.3) is 0 Å². The summed E-state index contributed by atoms with van der Waals surface area (Å²) in [6, 6.07) is 0. The van der Waals surface area contributed by atoms with Gasteiger partial charge in [-0.1, -0.05) is 194 Å². The number of rotatable bonds is 37. The first-order valence-electron chi connectivity index (χ1n) is 19.4. The number of carbonyl (C=O) groups is 1. The highest BCUT2D eigenvalue weighted by atomic mass is 16.5. The molecule has 0 saturated carbocycles. The van der Waals surface area contributed by atoms with Crippen LogP contribution in [0.1, 0.15) is 232 Å². The summed E-state index contributed by atoms with van der Waals surface area (Å²) in [6.45, 7) is 6.43. The zero-order valence-electron chi connectivity index (χ0n) is 28.8. The highest BCUT2D eigenvalue weighted by Crippen LogP contribution is 2.15. The number of Topliss-reactive ketones (excluding diaryl/α,β-unsaturated/α-hetero) is 1. The molecule has 0 fully saturated rings. The quantitative estimate of drug-likeness (QED) is 0.0685. The number of hydrogen-bond donors (Lipinski definition) is 0. The van der Waals surface area contributed by atoms with Gasteiger partial charge in [-0.3, -0.25) is 4.79 Å². The lowest BCUT2D eigenvalue weighted by Crippen LogP contribution is -1.99. The summed E-state index contributed by atoms with van der Waals surface area (Å²) >= 11 is 0. The van der Waals surface area contributed by atoms with Gasteiger partial charge in [-0.05, 0) is 25.7 Å². The van der Waals surface area contributed by atoms with Gasteiger partial charge in [0, 0.05) is 26.1 Å². The molecule has 246 valence electrons. The molecular formula is C39H78O2. The number of carbonyl (C=O) groups excluding carboxylic acids is 1. The van der Waals surface area contributed by atoms with E-state index in [-0.39, 0.29) is 0 Å². The van der Waals surface area contributed by atoms with Crippen molar-refractivity contribution in [1.29, 1.82) is 0 Å². The van der Waals surface area contributed by atoms with E-state index in [0.717, 1.165) is 45.3 Å². The zero-order chi connectivity index (χ0) is 29.7. The van der Waals surface area contributed by atoms with Crippen LogP contribution in [0, 0.1) is 0 Å². The van der Waals surface area contributed by atoms with Crippen molar-refractivity contribution >= 4 is 5.78 Å². The van der Waals surface area contributed by atoms with E-state index in [0.29, 0.717) is 5.78 Å². The smallest absolute Gasteiger partial charge is 0.132 e. The van der Waals surface area contributed by atoms with Crippen LogP contribution in [0.4, 0.5) is 0 Å². The van der Waals surface area contributed by atoms with Gasteiger partial charge >= 0.3 is 0 Å². The minimum Gasteiger partial charge on any atom is -0.381 e. The van der Waals surface area contributed by atoms with E-state index in [1.807, 2.05) is 0 Å². The van der Waals surface area contributed by atoms with Crippen molar-refractivity contribution in [3.63, 3.8) is 0 Å². The third-order valence-corrected chi connectivity index (χ3v) is 8.95. The molecule has 0 bridgehead atoms. The zero-order valence-corrected chi connectivity index (χ0v) is 28.8. The minimum atomic E-state index is 0.498. The number of ketones is 1. The van der Waals surface area contributed by atoms with Gasteiger partial charge in [-0.15, -0.1) is 0 Å². The highest BCUT2D eigenvalue weighted by Gasteiger charge is 2.02. The molecule has 0 spiro atoms. The van der Waals surface area contributed by atoms with E-state index in [9.17, 15) is 4.79 Å². The topological polar surface area (TPSA) is 26.3 Å². The summed E-state index contributed by atoms with van der Waals surface area (Å²) in [5.74, 6) is 0.498. The van der Waals surface area contributed by atoms with E-state index in [2.05, 4.69) is 13.8 Å². The van der Waals surface area contributed by atoms with Gasteiger partial charge in [0.1, 0.15) is 5.78 Å². The molecule has 2 heteroatoms. The maximum atomic E-state index is 12.1. The first kappa shape index (κ1) is 40.6. The van der Waals surface area contributed by atoms with Crippen LogP contribution in [0.15, 0.2) is 0 Å². The number of ether oxygens (including phenoxy) is 1. The van der Waals surface area contributed by atoms with Crippen molar-refractivity contribution in [2.24, 2.45) is 0 Å². The molecular weight excluding hydrogens is 500 g/mol. The third-order valence-electron chi connectivity index (χ3n) is 8.95. The lowest BCUT2D eigenvalue weighted by molar-refractivity contribution is -0.119. The average molecular weight is 579 g/mol. The Morgan fingerprint density at radius 1 is 0.317 bits per heavy atom. The molecule has 0 unspecified atom stereocenters. The SMILES string of the molecule is CCCCCCCCCCCCCCCCOCCCCCCC(=O)CCCCCCCCCCCCCCCC. The summed E-state index contributed by atoms with van der Waals surface area (Å²) in [7, 11) is 0. The summed E-state index contributed by atoms with van der Waals surface area (Å²) in [4.78, 5) is 12.1. The Balaban J connectivity index is 3.13. The molecule has 0 aliphatic carbocycles. The van der Waals surface area contributed by atoms with Crippen LogP contribution in [-0.2, 0) is 9.53 Å². The van der Waals surface area contributed by atoms with Gasteiger partial charge < -0.3 is 4.74 Å². The standard InChI is InChI=1S/C39H78O2/c1-3-5-7-9-11-13-15-17-19-21-23-25-27-31-35-39(40)36-32-28-30-34-38-41-37-33-29-26-24-22-20-18-16-14-12-10-8-6-4-2/h3-38H2,1-2H3. The molecule has 0 amide bonds. The first-order chi connectivity index (χ1) is 20.3. The van der Waals surface area contributed by atoms with Crippen LogP contribution in [-0.4, -0.2) is 19.0 Å². The monoisotopic (exact) mass is 579 g/mol. The van der Waals surface area contributed by atoms with Crippen molar-refractivity contribution in [3.8, 4) is 0 Å². The summed E-state index contributed by atoms with van der Waals surface area (Å²) in [5, 5.41) is 0. The Labute approximate surface area is 260 Å². The van der Waals surface area contributed by atoms with Crippen molar-refractivity contribution in [2.45, 2.75) is 232 Å². The molecule has 0 saturated heterocycles. The Bertz CT molecular complexity index is 474. The van der Waals surface area contributed by atoms with E-state index in [1.54, 1.807) is 0 Å². The lowest BCUT2D eigenvalue weighted by Gasteiger charge is -2.05. The molecule has 0 atom stereocenters. The van der Waals surface area contributed by atoms with Gasteiger partial charge in [0.05, 0.1) is 0 Å². The number of unbranched alkanes of at least 4 members (excludes halogenated alkanes) is 29. The van der Waals surface area contributed by atoms with Crippen LogP contribution < -0.4 is 0 Å². The van der Waals surface area contributed by atoms with Gasteiger partial charge in [-0.2, -0.15) is 0 Å². The minimum absolute atomic E-state index is 0.498. The van der Waals surface area contributed by atoms with E-state index < -0.39 is 0 Å². The summed E-state index contributed by atoms with van der Waals surface area (Å²) in [6.07, 6.45) is 45.3. The second kappa shape index (κ2) is 37.7. The molecule has 0 rings (SSSR count). The second-order valence-corrected chi connectivity index (χ2v) is 13.3. The first-order valence-corrected chi connectivity index (χ1v) is 19.4.